The molecule has 0 rings (SSSR count). The number of carbonyl (C=O) groups is 1. The standard InChI is InChI=1S/C5H8F2O/c6-5(7)3-1-2-4-8/h4-5H,1-3H2. The van der Waals surface area contributed by atoms with Crippen molar-refractivity contribution < 1.29 is 13.6 Å². The Bertz CT molecular complexity index is 63.4. The van der Waals surface area contributed by atoms with Crippen LogP contribution in [0.15, 0.2) is 0 Å². The van der Waals surface area contributed by atoms with E-state index in [-0.39, 0.29) is 12.8 Å². The minimum Gasteiger partial charge on any atom is -0.303 e. The fourth-order valence-corrected chi connectivity index (χ4v) is 0.355. The Morgan fingerprint density at radius 3 is 2.50 bits per heavy atom. The van der Waals surface area contributed by atoms with Gasteiger partial charge >= 0.3 is 0 Å². The third kappa shape index (κ3) is 5.53. The van der Waals surface area contributed by atoms with Crippen molar-refractivity contribution in [3.8, 4) is 0 Å². The highest BCUT2D eigenvalue weighted by molar-refractivity contribution is 5.48. The van der Waals surface area contributed by atoms with Crippen molar-refractivity contribution in [2.24, 2.45) is 0 Å². The minimum atomic E-state index is -2.25. The first kappa shape index (κ1) is 7.53. The molecule has 1 nitrogen and oxygen atoms in total. The van der Waals surface area contributed by atoms with Crippen molar-refractivity contribution in [2.45, 2.75) is 25.7 Å². The summed E-state index contributed by atoms with van der Waals surface area (Å²) in [6.07, 6.45) is -1.19. The smallest absolute Gasteiger partial charge is 0.238 e. The lowest BCUT2D eigenvalue weighted by atomic mass is 10.3. The van der Waals surface area contributed by atoms with Crippen LogP contribution in [0, 0.1) is 0 Å². The highest BCUT2D eigenvalue weighted by Gasteiger charge is 1.99. The van der Waals surface area contributed by atoms with Crippen LogP contribution in [0.5, 0.6) is 0 Å². The summed E-state index contributed by atoms with van der Waals surface area (Å²) in [5.74, 6) is 0. The van der Waals surface area contributed by atoms with E-state index in [2.05, 4.69) is 0 Å². The molecule has 0 aromatic carbocycles. The molecule has 0 unspecified atom stereocenters. The van der Waals surface area contributed by atoms with Crippen LogP contribution in [0.25, 0.3) is 0 Å². The molecular weight excluding hydrogens is 114 g/mol. The molecule has 0 amide bonds. The molecule has 0 saturated heterocycles. The van der Waals surface area contributed by atoms with E-state index in [4.69, 9.17) is 0 Å². The molecule has 0 spiro atoms. The Kier molecular flexibility index (Phi) is 4.41. The molecule has 0 aromatic heterocycles. The first-order chi connectivity index (χ1) is 3.77. The zero-order chi connectivity index (χ0) is 6.41. The highest BCUT2D eigenvalue weighted by atomic mass is 19.3. The van der Waals surface area contributed by atoms with Gasteiger partial charge < -0.3 is 4.79 Å². The maximum atomic E-state index is 11.2. The maximum Gasteiger partial charge on any atom is 0.238 e. The lowest BCUT2D eigenvalue weighted by molar-refractivity contribution is -0.108. The van der Waals surface area contributed by atoms with E-state index >= 15 is 0 Å². The minimum absolute atomic E-state index is 0.154. The van der Waals surface area contributed by atoms with Crippen LogP contribution in [0.1, 0.15) is 19.3 Å². The molecule has 0 N–H and O–H groups in total. The lowest BCUT2D eigenvalue weighted by Gasteiger charge is -1.91. The number of hydrogen-bond acceptors (Lipinski definition) is 1. The van der Waals surface area contributed by atoms with Gasteiger partial charge in [0.1, 0.15) is 6.29 Å². The predicted octanol–water partition coefficient (Wildman–Crippen LogP) is 1.62. The molecule has 0 bridgehead atoms. The molecular formula is C5H8F2O. The molecule has 0 radical (unpaired) electrons. The van der Waals surface area contributed by atoms with Gasteiger partial charge in [-0.15, -0.1) is 0 Å². The SMILES string of the molecule is O=CCCCC(F)F. The zero-order valence-electron chi connectivity index (χ0n) is 4.44. The van der Waals surface area contributed by atoms with Crippen molar-refractivity contribution in [1.29, 1.82) is 0 Å². The van der Waals surface area contributed by atoms with Gasteiger partial charge in [-0.25, -0.2) is 8.78 Å². The van der Waals surface area contributed by atoms with Crippen molar-refractivity contribution in [2.75, 3.05) is 0 Å². The summed E-state index contributed by atoms with van der Waals surface area (Å²) < 4.78 is 22.5. The molecule has 0 aliphatic carbocycles. The Hall–Kier alpha value is -0.470. The summed E-state index contributed by atoms with van der Waals surface area (Å²) in [6, 6.07) is 0. The van der Waals surface area contributed by atoms with Crippen molar-refractivity contribution in [3.63, 3.8) is 0 Å². The molecule has 0 aliphatic heterocycles. The van der Waals surface area contributed by atoms with Crippen LogP contribution in [0.3, 0.4) is 0 Å². The number of alkyl halides is 2. The van der Waals surface area contributed by atoms with E-state index in [1.54, 1.807) is 0 Å². The van der Waals surface area contributed by atoms with Gasteiger partial charge in [0, 0.05) is 12.8 Å². The van der Waals surface area contributed by atoms with Gasteiger partial charge in [0.2, 0.25) is 6.43 Å². The molecule has 8 heavy (non-hydrogen) atoms. The van der Waals surface area contributed by atoms with E-state index in [0.29, 0.717) is 12.7 Å². The number of rotatable bonds is 4. The number of aldehydes is 1. The average molecular weight is 122 g/mol. The second-order valence-electron chi connectivity index (χ2n) is 1.49. The Balaban J connectivity index is 2.81. The van der Waals surface area contributed by atoms with E-state index in [1.165, 1.54) is 0 Å². The Morgan fingerprint density at radius 1 is 1.50 bits per heavy atom. The van der Waals surface area contributed by atoms with Gasteiger partial charge in [-0.1, -0.05) is 0 Å². The molecule has 0 heterocycles. The van der Waals surface area contributed by atoms with Crippen molar-refractivity contribution in [1.82, 2.24) is 0 Å². The molecule has 48 valence electrons. The fraction of sp³-hybridized carbons (Fsp3) is 0.800. The van der Waals surface area contributed by atoms with Crippen LogP contribution < -0.4 is 0 Å². The second kappa shape index (κ2) is 4.68. The first-order valence-corrected chi connectivity index (χ1v) is 2.49. The van der Waals surface area contributed by atoms with Gasteiger partial charge in [-0.05, 0) is 6.42 Å². The van der Waals surface area contributed by atoms with Crippen LogP contribution in [0.4, 0.5) is 8.78 Å². The summed E-state index contributed by atoms with van der Waals surface area (Å²) in [6.45, 7) is 0. The molecule has 0 atom stereocenters. The topological polar surface area (TPSA) is 17.1 Å². The molecule has 3 heteroatoms. The van der Waals surface area contributed by atoms with Gasteiger partial charge in [-0.2, -0.15) is 0 Å². The summed E-state index contributed by atoms with van der Waals surface area (Å²) in [7, 11) is 0. The lowest BCUT2D eigenvalue weighted by Crippen LogP contribution is -1.89. The number of unbranched alkanes of at least 4 members (excludes halogenated alkanes) is 1. The molecule has 0 aliphatic rings. The van der Waals surface area contributed by atoms with Crippen LogP contribution in [-0.2, 0) is 4.79 Å². The molecule has 0 saturated carbocycles. The Labute approximate surface area is 46.7 Å². The molecule has 0 aromatic rings. The van der Waals surface area contributed by atoms with Crippen molar-refractivity contribution >= 4 is 6.29 Å². The Morgan fingerprint density at radius 2 is 2.12 bits per heavy atom. The first-order valence-electron chi connectivity index (χ1n) is 2.49. The maximum absolute atomic E-state index is 11.2. The number of carbonyl (C=O) groups excluding carboxylic acids is 1. The normalized spacial score (nSPS) is 9.88. The third-order valence-electron chi connectivity index (χ3n) is 0.744. The monoisotopic (exact) mass is 122 g/mol. The quantitative estimate of drug-likeness (QED) is 0.409. The fourth-order valence-electron chi connectivity index (χ4n) is 0.355. The van der Waals surface area contributed by atoms with E-state index in [0.717, 1.165) is 0 Å². The van der Waals surface area contributed by atoms with Gasteiger partial charge in [-0.3, -0.25) is 0 Å². The summed E-state index contributed by atoms with van der Waals surface area (Å²) in [5.41, 5.74) is 0. The number of halogens is 2. The van der Waals surface area contributed by atoms with Crippen molar-refractivity contribution in [3.05, 3.63) is 0 Å². The summed E-state index contributed by atoms with van der Waals surface area (Å²) in [5, 5.41) is 0. The van der Waals surface area contributed by atoms with E-state index in [9.17, 15) is 13.6 Å². The zero-order valence-corrected chi connectivity index (χ0v) is 4.44. The van der Waals surface area contributed by atoms with Crippen LogP contribution in [-0.4, -0.2) is 12.7 Å². The molecule has 0 fully saturated rings. The highest BCUT2D eigenvalue weighted by Crippen LogP contribution is 2.03. The summed E-state index contributed by atoms with van der Waals surface area (Å²) in [4.78, 5) is 9.54. The van der Waals surface area contributed by atoms with E-state index < -0.39 is 6.43 Å². The largest absolute Gasteiger partial charge is 0.303 e. The average Bonchev–Trinajstić information content (AvgIpc) is 1.66. The second-order valence-corrected chi connectivity index (χ2v) is 1.49. The van der Waals surface area contributed by atoms with Crippen LogP contribution in [0.2, 0.25) is 0 Å². The van der Waals surface area contributed by atoms with Gasteiger partial charge in [0.05, 0.1) is 0 Å². The van der Waals surface area contributed by atoms with Gasteiger partial charge in [0.25, 0.3) is 0 Å². The van der Waals surface area contributed by atoms with E-state index in [1.807, 2.05) is 0 Å². The number of hydrogen-bond donors (Lipinski definition) is 0. The predicted molar refractivity (Wildman–Crippen MR) is 25.9 cm³/mol. The van der Waals surface area contributed by atoms with Crippen LogP contribution >= 0.6 is 0 Å². The van der Waals surface area contributed by atoms with Gasteiger partial charge in [0.15, 0.2) is 0 Å². The third-order valence-corrected chi connectivity index (χ3v) is 0.744. The summed E-state index contributed by atoms with van der Waals surface area (Å²) >= 11 is 0.